The molecule has 1 amide bonds. The molecule has 0 aliphatic heterocycles. The predicted molar refractivity (Wildman–Crippen MR) is 106 cm³/mol. The van der Waals surface area contributed by atoms with Crippen LogP contribution in [0, 0.1) is 0 Å². The molecule has 2 aromatic rings. The summed E-state index contributed by atoms with van der Waals surface area (Å²) in [4.78, 5) is 23.0. The van der Waals surface area contributed by atoms with E-state index in [-0.39, 0.29) is 27.0 Å². The number of sulfonamides is 1. The lowest BCUT2D eigenvalue weighted by atomic mass is 10.2. The molecule has 0 unspecified atom stereocenters. The maximum Gasteiger partial charge on any atom is 0.341 e. The number of nitrogens with one attached hydrogen (secondary N) is 1. The SMILES string of the molecule is COc1ccc(C(=O)Nc2ccc(OCC(=O)O)c(Cl)c2)cc1S(=O)(=O)N(C)C. The molecule has 0 fully saturated rings. The van der Waals surface area contributed by atoms with Crippen molar-refractivity contribution in [2.75, 3.05) is 33.1 Å². The molecule has 29 heavy (non-hydrogen) atoms. The van der Waals surface area contributed by atoms with Crippen LogP contribution in [0.3, 0.4) is 0 Å². The lowest BCUT2D eigenvalue weighted by Crippen LogP contribution is -2.23. The maximum atomic E-state index is 12.6. The summed E-state index contributed by atoms with van der Waals surface area (Å²) in [5.41, 5.74) is 0.407. The van der Waals surface area contributed by atoms with Crippen LogP contribution in [0.15, 0.2) is 41.3 Å². The van der Waals surface area contributed by atoms with Crippen LogP contribution in [-0.2, 0) is 14.8 Å². The Balaban J connectivity index is 2.27. The third kappa shape index (κ3) is 5.37. The van der Waals surface area contributed by atoms with Crippen LogP contribution < -0.4 is 14.8 Å². The van der Waals surface area contributed by atoms with E-state index in [0.29, 0.717) is 5.69 Å². The summed E-state index contributed by atoms with van der Waals surface area (Å²) in [5.74, 6) is -1.46. The first-order chi connectivity index (χ1) is 13.6. The van der Waals surface area contributed by atoms with E-state index in [1.54, 1.807) is 0 Å². The molecule has 0 bridgehead atoms. The van der Waals surface area contributed by atoms with Crippen molar-refractivity contribution in [2.45, 2.75) is 4.90 Å². The minimum Gasteiger partial charge on any atom is -0.495 e. The molecular formula is C18H19ClN2O7S. The van der Waals surface area contributed by atoms with Gasteiger partial charge in [-0.25, -0.2) is 17.5 Å². The summed E-state index contributed by atoms with van der Waals surface area (Å²) >= 11 is 6.03. The fourth-order valence-corrected chi connectivity index (χ4v) is 3.56. The quantitative estimate of drug-likeness (QED) is 0.643. The molecule has 156 valence electrons. The summed E-state index contributed by atoms with van der Waals surface area (Å²) in [6, 6.07) is 8.31. The van der Waals surface area contributed by atoms with Gasteiger partial charge in [-0.3, -0.25) is 4.79 Å². The van der Waals surface area contributed by atoms with Crippen molar-refractivity contribution in [1.82, 2.24) is 4.31 Å². The van der Waals surface area contributed by atoms with Crippen molar-refractivity contribution in [2.24, 2.45) is 0 Å². The Morgan fingerprint density at radius 3 is 2.34 bits per heavy atom. The summed E-state index contributed by atoms with van der Waals surface area (Å²) in [7, 11) is 0.247. The molecule has 2 aromatic carbocycles. The van der Waals surface area contributed by atoms with Gasteiger partial charge in [0.05, 0.1) is 12.1 Å². The Labute approximate surface area is 172 Å². The number of methoxy groups -OCH3 is 1. The van der Waals surface area contributed by atoms with Crippen molar-refractivity contribution >= 4 is 39.2 Å². The van der Waals surface area contributed by atoms with E-state index in [1.807, 2.05) is 0 Å². The van der Waals surface area contributed by atoms with Gasteiger partial charge in [0.1, 0.15) is 16.4 Å². The second-order valence-corrected chi connectivity index (χ2v) is 8.46. The average molecular weight is 443 g/mol. The number of aliphatic carboxylic acids is 1. The minimum absolute atomic E-state index is 0.0913. The van der Waals surface area contributed by atoms with Crippen LogP contribution in [-0.4, -0.2) is 57.5 Å². The molecule has 0 heterocycles. The molecule has 0 radical (unpaired) electrons. The van der Waals surface area contributed by atoms with E-state index >= 15 is 0 Å². The molecule has 0 aliphatic rings. The highest BCUT2D eigenvalue weighted by Crippen LogP contribution is 2.29. The molecule has 2 N–H and O–H groups in total. The highest BCUT2D eigenvalue weighted by Gasteiger charge is 2.24. The number of anilines is 1. The van der Waals surface area contributed by atoms with Crippen molar-refractivity contribution in [3.63, 3.8) is 0 Å². The number of carboxylic acids is 1. The second kappa shape index (κ2) is 9.12. The zero-order valence-electron chi connectivity index (χ0n) is 15.8. The number of rotatable bonds is 8. The summed E-state index contributed by atoms with van der Waals surface area (Å²) < 4.78 is 36.1. The molecular weight excluding hydrogens is 424 g/mol. The first-order valence-electron chi connectivity index (χ1n) is 8.12. The zero-order chi connectivity index (χ0) is 21.8. The monoisotopic (exact) mass is 442 g/mol. The summed E-state index contributed by atoms with van der Waals surface area (Å²) in [6.45, 7) is -0.555. The number of hydrogen-bond acceptors (Lipinski definition) is 6. The highest BCUT2D eigenvalue weighted by molar-refractivity contribution is 7.89. The number of ether oxygens (including phenoxy) is 2. The van der Waals surface area contributed by atoms with Crippen LogP contribution >= 0.6 is 11.6 Å². The lowest BCUT2D eigenvalue weighted by molar-refractivity contribution is -0.139. The van der Waals surface area contributed by atoms with Gasteiger partial charge < -0.3 is 19.9 Å². The Morgan fingerprint density at radius 1 is 1.14 bits per heavy atom. The largest absolute Gasteiger partial charge is 0.495 e. The average Bonchev–Trinajstić information content (AvgIpc) is 2.66. The van der Waals surface area contributed by atoms with E-state index in [9.17, 15) is 18.0 Å². The third-order valence-electron chi connectivity index (χ3n) is 3.73. The van der Waals surface area contributed by atoms with Gasteiger partial charge in [-0.05, 0) is 36.4 Å². The van der Waals surface area contributed by atoms with Crippen molar-refractivity contribution in [3.05, 3.63) is 47.0 Å². The van der Waals surface area contributed by atoms with Crippen LogP contribution in [0.2, 0.25) is 5.02 Å². The Kier molecular flexibility index (Phi) is 7.07. The van der Waals surface area contributed by atoms with Crippen molar-refractivity contribution < 1.29 is 32.6 Å². The van der Waals surface area contributed by atoms with E-state index < -0.39 is 28.5 Å². The van der Waals surface area contributed by atoms with E-state index in [0.717, 1.165) is 4.31 Å². The Bertz CT molecular complexity index is 1040. The number of halogens is 1. The fourth-order valence-electron chi connectivity index (χ4n) is 2.25. The number of nitrogens with zero attached hydrogens (tertiary/aromatic N) is 1. The van der Waals surface area contributed by atoms with E-state index in [1.165, 1.54) is 57.6 Å². The number of amides is 1. The van der Waals surface area contributed by atoms with Gasteiger partial charge in [0.15, 0.2) is 6.61 Å². The number of carbonyl (C=O) groups excluding carboxylic acids is 1. The molecule has 0 aromatic heterocycles. The maximum absolute atomic E-state index is 12.6. The Hall–Kier alpha value is -2.82. The molecule has 0 atom stereocenters. The van der Waals surface area contributed by atoms with Crippen molar-refractivity contribution in [1.29, 1.82) is 0 Å². The van der Waals surface area contributed by atoms with Crippen LogP contribution in [0.4, 0.5) is 5.69 Å². The number of carboxylic acid groups (broad SMARTS) is 1. The highest BCUT2D eigenvalue weighted by atomic mass is 35.5. The van der Waals surface area contributed by atoms with Gasteiger partial charge >= 0.3 is 5.97 Å². The van der Waals surface area contributed by atoms with Gasteiger partial charge in [0, 0.05) is 25.3 Å². The normalized spacial score (nSPS) is 11.2. The van der Waals surface area contributed by atoms with Crippen LogP contribution in [0.1, 0.15) is 10.4 Å². The van der Waals surface area contributed by atoms with Crippen LogP contribution in [0.5, 0.6) is 11.5 Å². The molecule has 0 saturated heterocycles. The fraction of sp³-hybridized carbons (Fsp3) is 0.222. The first-order valence-corrected chi connectivity index (χ1v) is 9.94. The zero-order valence-corrected chi connectivity index (χ0v) is 17.4. The predicted octanol–water partition coefficient (Wildman–Crippen LogP) is 2.31. The van der Waals surface area contributed by atoms with Gasteiger partial charge in [0.25, 0.3) is 5.91 Å². The van der Waals surface area contributed by atoms with Gasteiger partial charge in [-0.1, -0.05) is 11.6 Å². The first kappa shape index (κ1) is 22.5. The number of benzene rings is 2. The molecule has 11 heteroatoms. The van der Waals surface area contributed by atoms with Gasteiger partial charge in [-0.2, -0.15) is 0 Å². The topological polar surface area (TPSA) is 122 Å². The number of carbonyl (C=O) groups is 2. The van der Waals surface area contributed by atoms with Crippen LogP contribution in [0.25, 0.3) is 0 Å². The second-order valence-electron chi connectivity index (χ2n) is 5.93. The minimum atomic E-state index is -3.83. The summed E-state index contributed by atoms with van der Waals surface area (Å²) in [6.07, 6.45) is 0. The molecule has 2 rings (SSSR count). The smallest absolute Gasteiger partial charge is 0.341 e. The van der Waals surface area contributed by atoms with Gasteiger partial charge in [-0.15, -0.1) is 0 Å². The molecule has 0 saturated carbocycles. The molecule has 0 aliphatic carbocycles. The number of hydrogen-bond donors (Lipinski definition) is 2. The lowest BCUT2D eigenvalue weighted by Gasteiger charge is -2.15. The third-order valence-corrected chi connectivity index (χ3v) is 5.86. The van der Waals surface area contributed by atoms with E-state index in [4.69, 9.17) is 26.2 Å². The molecule has 9 nitrogen and oxygen atoms in total. The van der Waals surface area contributed by atoms with Gasteiger partial charge in [0.2, 0.25) is 10.0 Å². The van der Waals surface area contributed by atoms with Crippen molar-refractivity contribution in [3.8, 4) is 11.5 Å². The molecule has 0 spiro atoms. The Morgan fingerprint density at radius 2 is 1.79 bits per heavy atom. The summed E-state index contributed by atoms with van der Waals surface area (Å²) in [5, 5.41) is 11.3. The van der Waals surface area contributed by atoms with E-state index in [2.05, 4.69) is 5.32 Å². The standard InChI is InChI=1S/C18H19ClN2O7S/c1-21(2)29(25,26)16-8-11(4-6-15(16)27-3)18(24)20-12-5-7-14(13(19)9-12)28-10-17(22)23/h4-9H,10H2,1-3H3,(H,20,24)(H,22,23).